The van der Waals surface area contributed by atoms with E-state index in [4.69, 9.17) is 0 Å². The summed E-state index contributed by atoms with van der Waals surface area (Å²) in [6.45, 7) is -4.91. The van der Waals surface area contributed by atoms with Crippen LogP contribution in [0, 0.1) is 0 Å². The number of thiophene rings is 1. The molecule has 1 aromatic heterocycles. The van der Waals surface area contributed by atoms with Crippen LogP contribution in [0.3, 0.4) is 0 Å². The van der Waals surface area contributed by atoms with Crippen LogP contribution in [0.2, 0.25) is 0 Å². The van der Waals surface area contributed by atoms with E-state index in [0.717, 1.165) is 32.7 Å². The Labute approximate surface area is 161 Å². The van der Waals surface area contributed by atoms with E-state index >= 15 is 0 Å². The third-order valence-corrected chi connectivity index (χ3v) is 4.16. The van der Waals surface area contributed by atoms with Crippen LogP contribution in [0.1, 0.15) is 0 Å². The summed E-state index contributed by atoms with van der Waals surface area (Å²) in [4.78, 5) is 0.988. The third-order valence-electron chi connectivity index (χ3n) is 3.00. The minimum atomic E-state index is -4.91. The van der Waals surface area contributed by atoms with Crippen LogP contribution in [0.25, 0.3) is 20.5 Å². The van der Waals surface area contributed by atoms with Gasteiger partial charge in [-0.05, 0) is 23.1 Å². The first-order chi connectivity index (χ1) is 9.04. The van der Waals surface area contributed by atoms with E-state index in [0.29, 0.717) is 0 Å². The van der Waals surface area contributed by atoms with Crippen molar-refractivity contribution in [3.8, 4) is 10.4 Å². The summed E-state index contributed by atoms with van der Waals surface area (Å²) >= 11 is 1.59. The van der Waals surface area contributed by atoms with Crippen molar-refractivity contribution in [1.82, 2.24) is 0 Å². The zero-order valence-electron chi connectivity index (χ0n) is 10.8. The Morgan fingerprint density at radius 1 is 0.850 bits per heavy atom. The van der Waals surface area contributed by atoms with Crippen LogP contribution in [0.4, 0.5) is 12.9 Å². The first kappa shape index (κ1) is 16.3. The quantitative estimate of drug-likeness (QED) is 0.631. The number of hydrogen-bond acceptors (Lipinski definition) is 1. The summed E-state index contributed by atoms with van der Waals surface area (Å²) < 4.78 is 38.8. The van der Waals surface area contributed by atoms with Gasteiger partial charge >= 0.3 is 58.4 Å². The van der Waals surface area contributed by atoms with Gasteiger partial charge in [-0.25, -0.2) is 0 Å². The van der Waals surface area contributed by atoms with Crippen molar-refractivity contribution in [2.45, 2.75) is 0 Å². The van der Waals surface area contributed by atoms with Gasteiger partial charge < -0.3 is 12.9 Å². The molecule has 0 N–H and O–H groups in total. The molecule has 0 nitrogen and oxygen atoms in total. The standard InChI is InChI=1S/C14H9BF3S.K/c16-15(17,18)12-7-5-10(6-8-12)14-9-11-3-1-2-4-13(11)19-14;/h1-9H;/q-1;+1. The number of halogens is 3. The Morgan fingerprint density at radius 2 is 1.50 bits per heavy atom. The molecule has 6 heteroatoms. The average Bonchev–Trinajstić information content (AvgIpc) is 2.81. The van der Waals surface area contributed by atoms with E-state index in [-0.39, 0.29) is 51.4 Å². The van der Waals surface area contributed by atoms with Crippen LogP contribution in [0.15, 0.2) is 54.6 Å². The van der Waals surface area contributed by atoms with Crippen LogP contribution in [-0.2, 0) is 0 Å². The molecule has 0 saturated heterocycles. The van der Waals surface area contributed by atoms with Crippen molar-refractivity contribution < 1.29 is 64.3 Å². The molecule has 0 unspecified atom stereocenters. The van der Waals surface area contributed by atoms with E-state index in [1.165, 1.54) is 12.1 Å². The fourth-order valence-corrected chi connectivity index (χ4v) is 3.06. The molecule has 20 heavy (non-hydrogen) atoms. The van der Waals surface area contributed by atoms with Crippen LogP contribution >= 0.6 is 11.3 Å². The maximum absolute atomic E-state index is 12.6. The smallest absolute Gasteiger partial charge is 0.445 e. The molecule has 3 aromatic rings. The first-order valence-electron chi connectivity index (χ1n) is 5.83. The maximum atomic E-state index is 12.6. The topological polar surface area (TPSA) is 0 Å². The molecule has 2 aromatic carbocycles. The van der Waals surface area contributed by atoms with Crippen LogP contribution in [0.5, 0.6) is 0 Å². The predicted molar refractivity (Wildman–Crippen MR) is 76.0 cm³/mol. The number of hydrogen-bond donors (Lipinski definition) is 0. The molecule has 1 heterocycles. The van der Waals surface area contributed by atoms with Gasteiger partial charge in [0.15, 0.2) is 0 Å². The number of fused-ring (bicyclic) bond motifs is 1. The summed E-state index contributed by atoms with van der Waals surface area (Å²) in [6.07, 6.45) is 0. The third kappa shape index (κ3) is 3.37. The molecule has 96 valence electrons. The molecule has 0 aliphatic carbocycles. The molecule has 0 atom stereocenters. The normalized spacial score (nSPS) is 11.3. The molecule has 0 aliphatic heterocycles. The van der Waals surface area contributed by atoms with Crippen molar-refractivity contribution in [2.24, 2.45) is 0 Å². The SMILES string of the molecule is F[B-](F)(F)c1ccc(-c2cc3ccccc3s2)cc1.[K+]. The summed E-state index contributed by atoms with van der Waals surface area (Å²) in [5.74, 6) is 0. The summed E-state index contributed by atoms with van der Waals surface area (Å²) in [5.41, 5.74) is 0.273. The van der Waals surface area contributed by atoms with Gasteiger partial charge in [0.1, 0.15) is 0 Å². The fraction of sp³-hybridized carbons (Fsp3) is 0. The van der Waals surface area contributed by atoms with Gasteiger partial charge in [0.25, 0.3) is 0 Å². The van der Waals surface area contributed by atoms with E-state index in [1.807, 2.05) is 30.3 Å². The molecule has 0 bridgehead atoms. The van der Waals surface area contributed by atoms with E-state index < -0.39 is 12.4 Å². The number of rotatable bonds is 2. The van der Waals surface area contributed by atoms with Gasteiger partial charge in [-0.1, -0.05) is 42.5 Å². The molecule has 3 rings (SSSR count). The first-order valence-corrected chi connectivity index (χ1v) is 6.64. The maximum Gasteiger partial charge on any atom is 1.00 e. The molecule has 0 spiro atoms. The molecular formula is C14H9BF3KS. The predicted octanol–water partition coefficient (Wildman–Crippen LogP) is 1.63. The van der Waals surface area contributed by atoms with Crippen LogP contribution in [-0.4, -0.2) is 6.98 Å². The number of benzene rings is 2. The summed E-state index contributed by atoms with van der Waals surface area (Å²) in [6, 6.07) is 15.3. The fourth-order valence-electron chi connectivity index (χ4n) is 1.99. The second-order valence-corrected chi connectivity index (χ2v) is 5.43. The zero-order chi connectivity index (χ0) is 13.5. The second kappa shape index (κ2) is 6.34. The van der Waals surface area contributed by atoms with E-state index in [9.17, 15) is 12.9 Å². The Morgan fingerprint density at radius 3 is 2.10 bits per heavy atom. The van der Waals surface area contributed by atoms with Crippen molar-refractivity contribution >= 4 is 33.9 Å². The Hall–Kier alpha value is -0.109. The van der Waals surface area contributed by atoms with Gasteiger partial charge in [0.2, 0.25) is 0 Å². The Balaban J connectivity index is 0.00000147. The van der Waals surface area contributed by atoms with Crippen molar-refractivity contribution in [2.75, 3.05) is 0 Å². The zero-order valence-corrected chi connectivity index (χ0v) is 14.8. The molecular weight excluding hydrogens is 307 g/mol. The molecule has 0 radical (unpaired) electrons. The van der Waals surface area contributed by atoms with Gasteiger partial charge in [-0.3, -0.25) is 0 Å². The van der Waals surface area contributed by atoms with Crippen molar-refractivity contribution in [3.05, 3.63) is 54.6 Å². The van der Waals surface area contributed by atoms with Gasteiger partial charge in [-0.2, -0.15) is 0 Å². The summed E-state index contributed by atoms with van der Waals surface area (Å²) in [5, 5.41) is 1.12. The minimum Gasteiger partial charge on any atom is -0.445 e. The molecule has 0 amide bonds. The van der Waals surface area contributed by atoms with E-state index in [2.05, 4.69) is 0 Å². The van der Waals surface area contributed by atoms with Gasteiger partial charge in [0, 0.05) is 9.58 Å². The molecule has 0 fully saturated rings. The van der Waals surface area contributed by atoms with E-state index in [1.54, 1.807) is 11.3 Å². The largest absolute Gasteiger partial charge is 1.00 e. The molecule has 0 aliphatic rings. The summed E-state index contributed by atoms with van der Waals surface area (Å²) in [7, 11) is 0. The van der Waals surface area contributed by atoms with Crippen LogP contribution < -0.4 is 56.8 Å². The van der Waals surface area contributed by atoms with Crippen molar-refractivity contribution in [3.63, 3.8) is 0 Å². The Bertz CT molecular complexity index is 686. The molecule has 0 saturated carbocycles. The Kier molecular flexibility index (Phi) is 5.15. The van der Waals surface area contributed by atoms with Crippen molar-refractivity contribution in [1.29, 1.82) is 0 Å². The van der Waals surface area contributed by atoms with Gasteiger partial charge in [-0.15, -0.1) is 16.8 Å². The van der Waals surface area contributed by atoms with Gasteiger partial charge in [0.05, 0.1) is 0 Å². The monoisotopic (exact) mass is 316 g/mol. The second-order valence-electron chi connectivity index (χ2n) is 4.35. The minimum absolute atomic E-state index is 0. The average molecular weight is 316 g/mol.